The third-order valence-corrected chi connectivity index (χ3v) is 4.50. The summed E-state index contributed by atoms with van der Waals surface area (Å²) in [5, 5.41) is 13.4. The molecule has 1 aliphatic rings. The van der Waals surface area contributed by atoms with Gasteiger partial charge in [-0.05, 0) is 39.1 Å². The predicted molar refractivity (Wildman–Crippen MR) is 85.7 cm³/mol. The van der Waals surface area contributed by atoms with E-state index in [0.29, 0.717) is 13.2 Å². The van der Waals surface area contributed by atoms with Gasteiger partial charge in [0.05, 0.1) is 0 Å². The molecule has 1 aliphatic carbocycles. The predicted octanol–water partition coefficient (Wildman–Crippen LogP) is 1.89. The molecule has 1 aromatic rings. The summed E-state index contributed by atoms with van der Waals surface area (Å²) in [4.78, 5) is 2.33. The molecule has 2 rings (SSSR count). The second kappa shape index (κ2) is 7.78. The zero-order valence-electron chi connectivity index (χ0n) is 13.2. The van der Waals surface area contributed by atoms with Gasteiger partial charge >= 0.3 is 0 Å². The van der Waals surface area contributed by atoms with Crippen LogP contribution in [-0.4, -0.2) is 55.4 Å². The van der Waals surface area contributed by atoms with Gasteiger partial charge in [-0.2, -0.15) is 0 Å². The molecule has 4 heteroatoms. The summed E-state index contributed by atoms with van der Waals surface area (Å²) in [7, 11) is 4.31. The van der Waals surface area contributed by atoms with Gasteiger partial charge in [0.1, 0.15) is 18.5 Å². The van der Waals surface area contributed by atoms with Gasteiger partial charge < -0.3 is 20.1 Å². The van der Waals surface area contributed by atoms with E-state index in [0.717, 1.165) is 12.3 Å². The Balaban J connectivity index is 1.68. The summed E-state index contributed by atoms with van der Waals surface area (Å²) in [5.74, 6) is 0.803. The van der Waals surface area contributed by atoms with Crippen molar-refractivity contribution in [1.29, 1.82) is 0 Å². The fourth-order valence-corrected chi connectivity index (χ4v) is 3.05. The number of hydrogen-bond donors (Lipinski definition) is 2. The van der Waals surface area contributed by atoms with Crippen molar-refractivity contribution < 1.29 is 9.84 Å². The standard InChI is InChI=1S/C17H28N2O2/c1-19(2)17(10-6-7-11-17)14-18-12-15(20)13-21-16-8-4-3-5-9-16/h3-5,8-9,15,18,20H,6-7,10-14H2,1-2H3. The van der Waals surface area contributed by atoms with E-state index in [2.05, 4.69) is 24.3 Å². The Bertz CT molecular complexity index is 403. The van der Waals surface area contributed by atoms with Crippen molar-refractivity contribution in [3.8, 4) is 5.75 Å². The highest BCUT2D eigenvalue weighted by Gasteiger charge is 2.35. The maximum absolute atomic E-state index is 10.0. The van der Waals surface area contributed by atoms with Crippen molar-refractivity contribution in [2.45, 2.75) is 37.3 Å². The van der Waals surface area contributed by atoms with E-state index >= 15 is 0 Å². The van der Waals surface area contributed by atoms with E-state index in [9.17, 15) is 5.11 Å². The molecule has 1 aromatic carbocycles. The van der Waals surface area contributed by atoms with E-state index in [-0.39, 0.29) is 5.54 Å². The Labute approximate surface area is 128 Å². The monoisotopic (exact) mass is 292 g/mol. The quantitative estimate of drug-likeness (QED) is 0.768. The van der Waals surface area contributed by atoms with Crippen LogP contribution in [0, 0.1) is 0 Å². The molecule has 1 fully saturated rings. The van der Waals surface area contributed by atoms with Crippen LogP contribution in [0.2, 0.25) is 0 Å². The molecule has 0 amide bonds. The number of aliphatic hydroxyl groups is 1. The van der Waals surface area contributed by atoms with Crippen LogP contribution in [0.1, 0.15) is 25.7 Å². The van der Waals surface area contributed by atoms with Gasteiger partial charge in [-0.25, -0.2) is 0 Å². The van der Waals surface area contributed by atoms with Crippen LogP contribution in [0.5, 0.6) is 5.75 Å². The molecule has 0 heterocycles. The minimum atomic E-state index is -0.481. The Kier molecular flexibility index (Phi) is 6.03. The SMILES string of the molecule is CN(C)C1(CNCC(O)COc2ccccc2)CCCC1. The van der Waals surface area contributed by atoms with Crippen molar-refractivity contribution in [1.82, 2.24) is 10.2 Å². The Morgan fingerprint density at radius 3 is 2.52 bits per heavy atom. The van der Waals surface area contributed by atoms with Crippen molar-refractivity contribution >= 4 is 0 Å². The molecule has 0 radical (unpaired) electrons. The molecular formula is C17H28N2O2. The molecule has 0 spiro atoms. The molecule has 21 heavy (non-hydrogen) atoms. The van der Waals surface area contributed by atoms with Crippen LogP contribution in [0.15, 0.2) is 30.3 Å². The number of likely N-dealkylation sites (N-methyl/N-ethyl adjacent to an activating group) is 1. The smallest absolute Gasteiger partial charge is 0.119 e. The summed E-state index contributed by atoms with van der Waals surface area (Å²) in [6, 6.07) is 9.62. The van der Waals surface area contributed by atoms with Crippen molar-refractivity contribution in [3.05, 3.63) is 30.3 Å². The van der Waals surface area contributed by atoms with Crippen LogP contribution in [0.3, 0.4) is 0 Å². The lowest BCUT2D eigenvalue weighted by Gasteiger charge is -2.37. The maximum Gasteiger partial charge on any atom is 0.119 e. The van der Waals surface area contributed by atoms with Gasteiger partial charge in [-0.15, -0.1) is 0 Å². The lowest BCUT2D eigenvalue weighted by atomic mass is 9.96. The molecule has 0 bridgehead atoms. The molecule has 1 atom stereocenters. The summed E-state index contributed by atoms with van der Waals surface area (Å²) in [6.07, 6.45) is 4.61. The largest absolute Gasteiger partial charge is 0.491 e. The summed E-state index contributed by atoms with van der Waals surface area (Å²) in [5.41, 5.74) is 0.264. The van der Waals surface area contributed by atoms with Gasteiger partial charge in [0.2, 0.25) is 0 Å². The molecule has 0 aliphatic heterocycles. The number of ether oxygens (including phenoxy) is 1. The number of para-hydroxylation sites is 1. The molecule has 1 saturated carbocycles. The molecule has 4 nitrogen and oxygen atoms in total. The second-order valence-electron chi connectivity index (χ2n) is 6.23. The summed E-state index contributed by atoms with van der Waals surface area (Å²) < 4.78 is 5.56. The van der Waals surface area contributed by atoms with Gasteiger partial charge in [-0.3, -0.25) is 0 Å². The number of nitrogens with zero attached hydrogens (tertiary/aromatic N) is 1. The highest BCUT2D eigenvalue weighted by molar-refractivity contribution is 5.20. The van der Waals surface area contributed by atoms with E-state index in [1.165, 1.54) is 25.7 Å². The highest BCUT2D eigenvalue weighted by Crippen LogP contribution is 2.32. The Morgan fingerprint density at radius 1 is 1.24 bits per heavy atom. The zero-order valence-corrected chi connectivity index (χ0v) is 13.2. The minimum Gasteiger partial charge on any atom is -0.491 e. The first-order valence-electron chi connectivity index (χ1n) is 7.86. The number of benzene rings is 1. The first kappa shape index (κ1) is 16.3. The second-order valence-corrected chi connectivity index (χ2v) is 6.23. The highest BCUT2D eigenvalue weighted by atomic mass is 16.5. The summed E-state index contributed by atoms with van der Waals surface area (Å²) >= 11 is 0. The lowest BCUT2D eigenvalue weighted by molar-refractivity contribution is 0.0961. The van der Waals surface area contributed by atoms with E-state index < -0.39 is 6.10 Å². The van der Waals surface area contributed by atoms with E-state index in [4.69, 9.17) is 4.74 Å². The molecule has 0 saturated heterocycles. The van der Waals surface area contributed by atoms with E-state index in [1.54, 1.807) is 0 Å². The fraction of sp³-hybridized carbons (Fsp3) is 0.647. The lowest BCUT2D eigenvalue weighted by Crippen LogP contribution is -2.51. The molecular weight excluding hydrogens is 264 g/mol. The van der Waals surface area contributed by atoms with Gasteiger partial charge in [0.25, 0.3) is 0 Å². The number of rotatable bonds is 8. The van der Waals surface area contributed by atoms with Gasteiger partial charge in [0.15, 0.2) is 0 Å². The van der Waals surface area contributed by atoms with Crippen molar-refractivity contribution in [3.63, 3.8) is 0 Å². The Hall–Kier alpha value is -1.10. The van der Waals surface area contributed by atoms with Crippen LogP contribution < -0.4 is 10.1 Å². The van der Waals surface area contributed by atoms with Gasteiger partial charge in [0, 0.05) is 18.6 Å². The van der Waals surface area contributed by atoms with Crippen LogP contribution in [0.4, 0.5) is 0 Å². The van der Waals surface area contributed by atoms with Crippen LogP contribution >= 0.6 is 0 Å². The van der Waals surface area contributed by atoms with Crippen molar-refractivity contribution in [2.24, 2.45) is 0 Å². The first-order chi connectivity index (χ1) is 10.1. The molecule has 118 valence electrons. The van der Waals surface area contributed by atoms with E-state index in [1.807, 2.05) is 30.3 Å². The van der Waals surface area contributed by atoms with Gasteiger partial charge in [-0.1, -0.05) is 31.0 Å². The average Bonchev–Trinajstić information content (AvgIpc) is 2.96. The van der Waals surface area contributed by atoms with Crippen LogP contribution in [-0.2, 0) is 0 Å². The van der Waals surface area contributed by atoms with Crippen molar-refractivity contribution in [2.75, 3.05) is 33.8 Å². The normalized spacial score (nSPS) is 18.9. The topological polar surface area (TPSA) is 44.7 Å². The van der Waals surface area contributed by atoms with Crippen LogP contribution in [0.25, 0.3) is 0 Å². The number of nitrogens with one attached hydrogen (secondary N) is 1. The molecule has 0 aromatic heterocycles. The third kappa shape index (κ3) is 4.70. The fourth-order valence-electron chi connectivity index (χ4n) is 3.05. The Morgan fingerprint density at radius 2 is 1.90 bits per heavy atom. The first-order valence-corrected chi connectivity index (χ1v) is 7.86. The average molecular weight is 292 g/mol. The minimum absolute atomic E-state index is 0.264. The number of aliphatic hydroxyl groups excluding tert-OH is 1. The summed E-state index contributed by atoms with van der Waals surface area (Å²) in [6.45, 7) is 1.83. The maximum atomic E-state index is 10.0. The number of hydrogen-bond acceptors (Lipinski definition) is 4. The molecule has 1 unspecified atom stereocenters. The zero-order chi connectivity index (χ0) is 15.1. The molecule has 2 N–H and O–H groups in total. The third-order valence-electron chi connectivity index (χ3n) is 4.50.